The summed E-state index contributed by atoms with van der Waals surface area (Å²) < 4.78 is 1.91. The molecule has 1 amide bonds. The molecule has 5 nitrogen and oxygen atoms in total. The molecule has 3 heterocycles. The summed E-state index contributed by atoms with van der Waals surface area (Å²) in [5.74, 6) is 0.0380. The number of hydrogen-bond acceptors (Lipinski definition) is 4. The molecule has 0 spiro atoms. The largest absolute Gasteiger partial charge is 0.389 e. The van der Waals surface area contributed by atoms with Gasteiger partial charge in [0.2, 0.25) is 5.91 Å². The van der Waals surface area contributed by atoms with Gasteiger partial charge in [0.05, 0.1) is 18.2 Å². The van der Waals surface area contributed by atoms with E-state index in [0.717, 1.165) is 10.7 Å². The highest BCUT2D eigenvalue weighted by molar-refractivity contribution is 7.15. The minimum atomic E-state index is -0.338. The fraction of sp³-hybridized carbons (Fsp3) is 0.400. The topological polar surface area (TPSA) is 57.8 Å². The average molecular weight is 237 g/mol. The summed E-state index contributed by atoms with van der Waals surface area (Å²) in [6.45, 7) is 0.919. The van der Waals surface area contributed by atoms with Crippen molar-refractivity contribution >= 4 is 22.2 Å². The van der Waals surface area contributed by atoms with Crippen molar-refractivity contribution in [2.24, 2.45) is 0 Å². The highest BCUT2D eigenvalue weighted by atomic mass is 32.1. The Bertz CT molecular complexity index is 498. The van der Waals surface area contributed by atoms with Crippen LogP contribution in [0.4, 0.5) is 0 Å². The summed E-state index contributed by atoms with van der Waals surface area (Å²) >= 11 is 1.55. The number of thiazole rings is 1. The van der Waals surface area contributed by atoms with Gasteiger partial charge in [0.25, 0.3) is 0 Å². The van der Waals surface area contributed by atoms with Crippen LogP contribution in [-0.2, 0) is 11.2 Å². The number of aliphatic hydroxyl groups excluding tert-OH is 1. The van der Waals surface area contributed by atoms with Gasteiger partial charge in [-0.15, -0.1) is 11.3 Å². The van der Waals surface area contributed by atoms with Gasteiger partial charge in [-0.25, -0.2) is 4.98 Å². The summed E-state index contributed by atoms with van der Waals surface area (Å²) in [5, 5.41) is 11.1. The molecule has 0 radical (unpaired) electrons. The molecule has 1 N–H and O–H groups in total. The van der Waals surface area contributed by atoms with Crippen molar-refractivity contribution in [2.75, 3.05) is 13.1 Å². The van der Waals surface area contributed by atoms with Gasteiger partial charge in [-0.2, -0.15) is 0 Å². The minimum absolute atomic E-state index is 0.0380. The standard InChI is InChI=1S/C10H11N3O2S/c14-8-5-13(6-8)9(15)3-7-4-12-1-2-16-10(12)11-7/h1-2,4,8,14H,3,5-6H2. The number of nitrogens with zero attached hydrogens (tertiary/aromatic N) is 3. The molecule has 0 aliphatic carbocycles. The zero-order valence-corrected chi connectivity index (χ0v) is 9.35. The van der Waals surface area contributed by atoms with E-state index in [0.29, 0.717) is 19.5 Å². The van der Waals surface area contributed by atoms with Crippen molar-refractivity contribution in [1.82, 2.24) is 14.3 Å². The molecule has 3 rings (SSSR count). The second kappa shape index (κ2) is 3.57. The first kappa shape index (κ1) is 9.80. The maximum Gasteiger partial charge on any atom is 0.228 e. The molecular weight excluding hydrogens is 226 g/mol. The van der Waals surface area contributed by atoms with Crippen LogP contribution < -0.4 is 0 Å². The van der Waals surface area contributed by atoms with Crippen LogP contribution in [0.25, 0.3) is 4.96 Å². The van der Waals surface area contributed by atoms with Crippen LogP contribution >= 0.6 is 11.3 Å². The van der Waals surface area contributed by atoms with E-state index in [2.05, 4.69) is 4.98 Å². The average Bonchev–Trinajstić information content (AvgIpc) is 2.72. The molecule has 2 aromatic rings. The van der Waals surface area contributed by atoms with E-state index < -0.39 is 0 Å². The second-order valence-electron chi connectivity index (χ2n) is 3.95. The van der Waals surface area contributed by atoms with Gasteiger partial charge in [-0.3, -0.25) is 9.20 Å². The number of rotatable bonds is 2. The second-order valence-corrected chi connectivity index (χ2v) is 4.83. The molecule has 1 aliphatic heterocycles. The Kier molecular flexibility index (Phi) is 2.19. The fourth-order valence-corrected chi connectivity index (χ4v) is 2.51. The van der Waals surface area contributed by atoms with Gasteiger partial charge < -0.3 is 10.0 Å². The van der Waals surface area contributed by atoms with E-state index >= 15 is 0 Å². The van der Waals surface area contributed by atoms with Crippen molar-refractivity contribution < 1.29 is 9.90 Å². The Morgan fingerprint density at radius 3 is 3.12 bits per heavy atom. The molecule has 0 bridgehead atoms. The predicted molar refractivity (Wildman–Crippen MR) is 59.4 cm³/mol. The van der Waals surface area contributed by atoms with E-state index in [4.69, 9.17) is 5.11 Å². The van der Waals surface area contributed by atoms with E-state index in [-0.39, 0.29) is 12.0 Å². The summed E-state index contributed by atoms with van der Waals surface area (Å²) in [5.41, 5.74) is 0.790. The first-order chi connectivity index (χ1) is 7.72. The maximum atomic E-state index is 11.7. The highest BCUT2D eigenvalue weighted by Crippen LogP contribution is 2.14. The van der Waals surface area contributed by atoms with Gasteiger partial charge in [0, 0.05) is 30.9 Å². The van der Waals surface area contributed by atoms with Crippen molar-refractivity contribution in [3.05, 3.63) is 23.5 Å². The number of amides is 1. The van der Waals surface area contributed by atoms with Crippen LogP contribution in [0.5, 0.6) is 0 Å². The number of imidazole rings is 1. The van der Waals surface area contributed by atoms with Crippen LogP contribution in [-0.4, -0.2) is 44.5 Å². The lowest BCUT2D eigenvalue weighted by Crippen LogP contribution is -2.53. The zero-order chi connectivity index (χ0) is 11.1. The summed E-state index contributed by atoms with van der Waals surface area (Å²) in [7, 11) is 0. The highest BCUT2D eigenvalue weighted by Gasteiger charge is 2.28. The van der Waals surface area contributed by atoms with Gasteiger partial charge in [0.15, 0.2) is 4.96 Å². The van der Waals surface area contributed by atoms with Gasteiger partial charge in [0.1, 0.15) is 0 Å². The molecule has 6 heteroatoms. The molecule has 84 valence electrons. The van der Waals surface area contributed by atoms with Crippen molar-refractivity contribution in [1.29, 1.82) is 0 Å². The number of fused-ring (bicyclic) bond motifs is 1. The lowest BCUT2D eigenvalue weighted by atomic mass is 10.1. The van der Waals surface area contributed by atoms with Crippen LogP contribution in [0.1, 0.15) is 5.69 Å². The van der Waals surface area contributed by atoms with E-state index in [1.807, 2.05) is 22.2 Å². The molecule has 0 aromatic carbocycles. The van der Waals surface area contributed by atoms with Gasteiger partial charge >= 0.3 is 0 Å². The molecule has 0 unspecified atom stereocenters. The van der Waals surface area contributed by atoms with Crippen molar-refractivity contribution in [3.63, 3.8) is 0 Å². The Labute approximate surface area is 95.9 Å². The third-order valence-electron chi connectivity index (χ3n) is 2.69. The number of aliphatic hydroxyl groups is 1. The van der Waals surface area contributed by atoms with E-state index in [1.54, 1.807) is 16.2 Å². The monoisotopic (exact) mass is 237 g/mol. The maximum absolute atomic E-state index is 11.7. The predicted octanol–water partition coefficient (Wildman–Crippen LogP) is 0.141. The van der Waals surface area contributed by atoms with Gasteiger partial charge in [-0.1, -0.05) is 0 Å². The molecule has 2 aromatic heterocycles. The fourth-order valence-electron chi connectivity index (χ4n) is 1.79. The van der Waals surface area contributed by atoms with E-state index in [9.17, 15) is 4.79 Å². The minimum Gasteiger partial charge on any atom is -0.389 e. The lowest BCUT2D eigenvalue weighted by Gasteiger charge is -2.35. The van der Waals surface area contributed by atoms with Crippen LogP contribution in [0.2, 0.25) is 0 Å². The van der Waals surface area contributed by atoms with E-state index in [1.165, 1.54) is 0 Å². The Morgan fingerprint density at radius 2 is 2.44 bits per heavy atom. The van der Waals surface area contributed by atoms with Crippen LogP contribution in [0.15, 0.2) is 17.8 Å². The molecule has 1 aliphatic rings. The molecule has 1 saturated heterocycles. The molecule has 0 saturated carbocycles. The summed E-state index contributed by atoms with van der Waals surface area (Å²) in [6, 6.07) is 0. The molecular formula is C10H11N3O2S. The van der Waals surface area contributed by atoms with Crippen LogP contribution in [0, 0.1) is 0 Å². The molecule has 1 fully saturated rings. The zero-order valence-electron chi connectivity index (χ0n) is 8.54. The number of carbonyl (C=O) groups excluding carboxylic acids is 1. The summed E-state index contributed by atoms with van der Waals surface area (Å²) in [6.07, 6.45) is 3.78. The number of hydrogen-bond donors (Lipinski definition) is 1. The van der Waals surface area contributed by atoms with Crippen molar-refractivity contribution in [3.8, 4) is 0 Å². The smallest absolute Gasteiger partial charge is 0.228 e. The third-order valence-corrected chi connectivity index (χ3v) is 3.46. The quantitative estimate of drug-likeness (QED) is 0.808. The Hall–Kier alpha value is -1.40. The SMILES string of the molecule is O=C(Cc1cn2ccsc2n1)N1CC(O)C1. The van der Waals surface area contributed by atoms with Crippen molar-refractivity contribution in [2.45, 2.75) is 12.5 Å². The normalized spacial score (nSPS) is 16.7. The molecule has 16 heavy (non-hydrogen) atoms. The molecule has 0 atom stereocenters. The number of aromatic nitrogens is 2. The number of likely N-dealkylation sites (tertiary alicyclic amines) is 1. The number of carbonyl (C=O) groups is 1. The first-order valence-corrected chi connectivity index (χ1v) is 5.97. The van der Waals surface area contributed by atoms with Gasteiger partial charge in [-0.05, 0) is 0 Å². The Balaban J connectivity index is 1.70. The first-order valence-electron chi connectivity index (χ1n) is 5.09. The third kappa shape index (κ3) is 1.60. The lowest BCUT2D eigenvalue weighted by molar-refractivity contribution is -0.140. The Morgan fingerprint density at radius 1 is 1.62 bits per heavy atom. The van der Waals surface area contributed by atoms with Crippen LogP contribution in [0.3, 0.4) is 0 Å². The summed E-state index contributed by atoms with van der Waals surface area (Å²) in [4.78, 5) is 18.6. The number of β-amino-alcohol motifs (C(OH)–C–C–N with tert-alkyl or cyclic N) is 1.